The minimum atomic E-state index is 0.658. The fraction of sp³-hybridized carbons (Fsp3) is 0.125. The van der Waals surface area contributed by atoms with Gasteiger partial charge in [-0.3, -0.25) is 4.98 Å². The van der Waals surface area contributed by atoms with E-state index in [-0.39, 0.29) is 0 Å². The molecule has 2 heterocycles. The fourth-order valence-corrected chi connectivity index (χ4v) is 2.06. The highest BCUT2D eigenvalue weighted by Crippen LogP contribution is 2.22. The van der Waals surface area contributed by atoms with Gasteiger partial charge < -0.3 is 4.98 Å². The minimum Gasteiger partial charge on any atom is -0.350 e. The van der Waals surface area contributed by atoms with E-state index in [9.17, 15) is 0 Å². The molecule has 0 spiro atoms. The Hall–Kier alpha value is -1.07. The SMILES string of the molecule is Cc1cc(-c2ncc[nH]c2=S)sn1. The molecular formula is C8H7N3S2. The first kappa shape index (κ1) is 8.52. The highest BCUT2D eigenvalue weighted by Gasteiger charge is 2.04. The van der Waals surface area contributed by atoms with E-state index in [0.29, 0.717) is 4.64 Å². The van der Waals surface area contributed by atoms with Gasteiger partial charge in [-0.05, 0) is 24.5 Å². The van der Waals surface area contributed by atoms with E-state index in [0.717, 1.165) is 16.3 Å². The predicted octanol–water partition coefficient (Wildman–Crippen LogP) is 2.57. The number of nitrogens with zero attached hydrogens (tertiary/aromatic N) is 2. The molecule has 3 nitrogen and oxygen atoms in total. The number of hydrogen-bond acceptors (Lipinski definition) is 4. The van der Waals surface area contributed by atoms with Gasteiger partial charge in [0.15, 0.2) is 0 Å². The topological polar surface area (TPSA) is 41.6 Å². The highest BCUT2D eigenvalue weighted by molar-refractivity contribution is 7.71. The summed E-state index contributed by atoms with van der Waals surface area (Å²) in [6, 6.07) is 1.98. The predicted molar refractivity (Wildman–Crippen MR) is 55.3 cm³/mol. The molecule has 5 heteroatoms. The maximum Gasteiger partial charge on any atom is 0.130 e. The largest absolute Gasteiger partial charge is 0.350 e. The first-order valence-corrected chi connectivity index (χ1v) is 4.93. The van der Waals surface area contributed by atoms with Gasteiger partial charge in [0, 0.05) is 12.4 Å². The Bertz CT molecular complexity index is 472. The van der Waals surface area contributed by atoms with Gasteiger partial charge in [0.25, 0.3) is 0 Å². The molecule has 0 saturated heterocycles. The van der Waals surface area contributed by atoms with Crippen LogP contribution in [0.25, 0.3) is 10.6 Å². The Balaban J connectivity index is 2.59. The monoisotopic (exact) mass is 209 g/mol. The third-order valence-corrected chi connectivity index (χ3v) is 2.77. The molecule has 66 valence electrons. The third-order valence-electron chi connectivity index (χ3n) is 1.57. The van der Waals surface area contributed by atoms with Crippen molar-refractivity contribution in [1.82, 2.24) is 14.3 Å². The Morgan fingerprint density at radius 3 is 3.00 bits per heavy atom. The van der Waals surface area contributed by atoms with Crippen molar-refractivity contribution in [3.63, 3.8) is 0 Å². The van der Waals surface area contributed by atoms with Crippen molar-refractivity contribution >= 4 is 23.8 Å². The summed E-state index contributed by atoms with van der Waals surface area (Å²) < 4.78 is 4.83. The quantitative estimate of drug-likeness (QED) is 0.734. The second kappa shape index (κ2) is 3.35. The zero-order valence-electron chi connectivity index (χ0n) is 6.94. The zero-order valence-corrected chi connectivity index (χ0v) is 8.58. The molecular weight excluding hydrogens is 202 g/mol. The van der Waals surface area contributed by atoms with Crippen LogP contribution in [0.2, 0.25) is 0 Å². The van der Waals surface area contributed by atoms with Crippen molar-refractivity contribution in [2.75, 3.05) is 0 Å². The Morgan fingerprint density at radius 2 is 2.38 bits per heavy atom. The first-order chi connectivity index (χ1) is 6.27. The van der Waals surface area contributed by atoms with Crippen molar-refractivity contribution in [1.29, 1.82) is 0 Å². The molecule has 2 aromatic rings. The number of aryl methyl sites for hydroxylation is 1. The van der Waals surface area contributed by atoms with Crippen molar-refractivity contribution in [3.05, 3.63) is 28.8 Å². The summed E-state index contributed by atoms with van der Waals surface area (Å²) in [5.74, 6) is 0. The molecule has 0 radical (unpaired) electrons. The molecule has 2 rings (SSSR count). The molecule has 0 amide bonds. The second-order valence-corrected chi connectivity index (χ2v) is 3.81. The molecule has 0 aliphatic heterocycles. The van der Waals surface area contributed by atoms with E-state index >= 15 is 0 Å². The zero-order chi connectivity index (χ0) is 9.26. The number of aromatic amines is 1. The van der Waals surface area contributed by atoms with Gasteiger partial charge in [0.05, 0.1) is 10.6 Å². The van der Waals surface area contributed by atoms with Crippen LogP contribution in [0, 0.1) is 11.6 Å². The van der Waals surface area contributed by atoms with Crippen molar-refractivity contribution in [2.24, 2.45) is 0 Å². The van der Waals surface area contributed by atoms with Gasteiger partial charge in [-0.2, -0.15) is 4.37 Å². The third kappa shape index (κ3) is 1.66. The van der Waals surface area contributed by atoms with Crippen LogP contribution in [0.4, 0.5) is 0 Å². The number of nitrogens with one attached hydrogen (secondary N) is 1. The molecule has 0 bridgehead atoms. The molecule has 0 aliphatic rings. The smallest absolute Gasteiger partial charge is 0.130 e. The highest BCUT2D eigenvalue weighted by atomic mass is 32.1. The lowest BCUT2D eigenvalue weighted by Gasteiger charge is -1.93. The molecule has 0 aromatic carbocycles. The van der Waals surface area contributed by atoms with Crippen molar-refractivity contribution < 1.29 is 0 Å². The first-order valence-electron chi connectivity index (χ1n) is 3.75. The fourth-order valence-electron chi connectivity index (χ4n) is 1.00. The Kier molecular flexibility index (Phi) is 2.20. The molecule has 1 N–H and O–H groups in total. The van der Waals surface area contributed by atoms with Crippen LogP contribution in [0.5, 0.6) is 0 Å². The normalized spacial score (nSPS) is 10.2. The van der Waals surface area contributed by atoms with Gasteiger partial charge in [-0.15, -0.1) is 0 Å². The molecule has 0 unspecified atom stereocenters. The van der Waals surface area contributed by atoms with Gasteiger partial charge in [-0.1, -0.05) is 12.2 Å². The average Bonchev–Trinajstić information content (AvgIpc) is 2.53. The summed E-state index contributed by atoms with van der Waals surface area (Å²) in [5.41, 5.74) is 1.81. The van der Waals surface area contributed by atoms with Gasteiger partial charge in [0.1, 0.15) is 10.3 Å². The second-order valence-electron chi connectivity index (χ2n) is 2.60. The minimum absolute atomic E-state index is 0.658. The average molecular weight is 209 g/mol. The Morgan fingerprint density at radius 1 is 1.54 bits per heavy atom. The van der Waals surface area contributed by atoms with E-state index < -0.39 is 0 Å². The number of rotatable bonds is 1. The van der Waals surface area contributed by atoms with Crippen LogP contribution in [-0.4, -0.2) is 14.3 Å². The maximum atomic E-state index is 5.10. The molecule has 13 heavy (non-hydrogen) atoms. The summed E-state index contributed by atoms with van der Waals surface area (Å²) in [5, 5.41) is 0. The van der Waals surface area contributed by atoms with Gasteiger partial charge >= 0.3 is 0 Å². The van der Waals surface area contributed by atoms with Crippen LogP contribution >= 0.6 is 23.8 Å². The summed E-state index contributed by atoms with van der Waals surface area (Å²) in [7, 11) is 0. The number of aromatic nitrogens is 3. The van der Waals surface area contributed by atoms with Crippen molar-refractivity contribution in [2.45, 2.75) is 6.92 Å². The lowest BCUT2D eigenvalue weighted by Crippen LogP contribution is -1.83. The van der Waals surface area contributed by atoms with E-state index in [1.807, 2.05) is 13.0 Å². The van der Waals surface area contributed by atoms with E-state index in [1.165, 1.54) is 11.5 Å². The molecule has 0 saturated carbocycles. The maximum absolute atomic E-state index is 5.10. The van der Waals surface area contributed by atoms with E-state index in [1.54, 1.807) is 12.4 Å². The van der Waals surface area contributed by atoms with Crippen LogP contribution < -0.4 is 0 Å². The van der Waals surface area contributed by atoms with Crippen LogP contribution in [0.1, 0.15) is 5.69 Å². The number of H-pyrrole nitrogens is 1. The van der Waals surface area contributed by atoms with Crippen LogP contribution in [0.3, 0.4) is 0 Å². The molecule has 0 fully saturated rings. The summed E-state index contributed by atoms with van der Waals surface area (Å²) in [4.78, 5) is 8.15. The lowest BCUT2D eigenvalue weighted by molar-refractivity contribution is 1.19. The Labute approximate surface area is 84.7 Å². The molecule has 0 aliphatic carbocycles. The van der Waals surface area contributed by atoms with E-state index in [4.69, 9.17) is 12.2 Å². The van der Waals surface area contributed by atoms with Crippen molar-refractivity contribution in [3.8, 4) is 10.6 Å². The van der Waals surface area contributed by atoms with Gasteiger partial charge in [-0.25, -0.2) is 0 Å². The lowest BCUT2D eigenvalue weighted by atomic mass is 10.3. The van der Waals surface area contributed by atoms with Crippen LogP contribution in [-0.2, 0) is 0 Å². The van der Waals surface area contributed by atoms with Crippen LogP contribution in [0.15, 0.2) is 18.5 Å². The molecule has 2 aromatic heterocycles. The van der Waals surface area contributed by atoms with E-state index in [2.05, 4.69) is 14.3 Å². The number of hydrogen-bond donors (Lipinski definition) is 1. The summed E-state index contributed by atoms with van der Waals surface area (Å²) in [6.45, 7) is 1.95. The summed E-state index contributed by atoms with van der Waals surface area (Å²) in [6.07, 6.45) is 3.42. The summed E-state index contributed by atoms with van der Waals surface area (Å²) >= 11 is 6.52. The van der Waals surface area contributed by atoms with Gasteiger partial charge in [0.2, 0.25) is 0 Å². The standard InChI is InChI=1S/C8H7N3S2/c1-5-4-6(13-11-5)7-8(12)10-3-2-9-7/h2-4H,1H3,(H,10,12). The molecule has 0 atom stereocenters.